The first-order valence-corrected chi connectivity index (χ1v) is 6.35. The molecule has 0 N–H and O–H groups in total. The number of pyridine rings is 1. The van der Waals surface area contributed by atoms with E-state index in [1.54, 1.807) is 18.2 Å². The van der Waals surface area contributed by atoms with Crippen LogP contribution < -0.4 is 0 Å². The van der Waals surface area contributed by atoms with Gasteiger partial charge in [0.05, 0.1) is 21.8 Å². The van der Waals surface area contributed by atoms with Crippen LogP contribution in [0.5, 0.6) is 0 Å². The Bertz CT molecular complexity index is 761. The van der Waals surface area contributed by atoms with Gasteiger partial charge in [-0.15, -0.1) is 0 Å². The van der Waals surface area contributed by atoms with Gasteiger partial charge in [-0.25, -0.2) is 4.79 Å². The number of fused-ring (bicyclic) bond motifs is 1. The van der Waals surface area contributed by atoms with E-state index in [1.165, 1.54) is 6.20 Å². The predicted octanol–water partition coefficient (Wildman–Crippen LogP) is 3.25. The normalized spacial score (nSPS) is 12.8. The van der Waals surface area contributed by atoms with Gasteiger partial charge in [-0.3, -0.25) is 4.98 Å². The number of aromatic nitrogens is 1. The van der Waals surface area contributed by atoms with Crippen molar-refractivity contribution in [3.63, 3.8) is 0 Å². The summed E-state index contributed by atoms with van der Waals surface area (Å²) in [6.07, 6.45) is 1.49. The molecule has 98 valence electrons. The number of hydrogen-bond acceptors (Lipinski definition) is 4. The highest BCUT2D eigenvalue weighted by Gasteiger charge is 2.26. The number of nitrogens with zero attached hydrogens (tertiary/aromatic N) is 2. The Morgan fingerprint density at radius 1 is 1.40 bits per heavy atom. The van der Waals surface area contributed by atoms with Crippen molar-refractivity contribution in [2.75, 3.05) is 0 Å². The summed E-state index contributed by atoms with van der Waals surface area (Å²) in [4.78, 5) is 15.9. The number of cyclic esters (lactones) is 1. The zero-order valence-corrected chi connectivity index (χ0v) is 11.4. The molecule has 0 aliphatic carbocycles. The lowest BCUT2D eigenvalue weighted by molar-refractivity contribution is 0.0535. The maximum Gasteiger partial charge on any atom is 0.338 e. The fourth-order valence-electron chi connectivity index (χ4n) is 2.23. The molecular formula is C15H9ClN2O2. The van der Waals surface area contributed by atoms with E-state index in [-0.39, 0.29) is 12.6 Å². The highest BCUT2D eigenvalue weighted by Crippen LogP contribution is 2.36. The maximum atomic E-state index is 11.7. The van der Waals surface area contributed by atoms with Gasteiger partial charge >= 0.3 is 5.97 Å². The Balaban J connectivity index is 2.19. The van der Waals surface area contributed by atoms with Crippen LogP contribution in [-0.2, 0) is 11.3 Å². The lowest BCUT2D eigenvalue weighted by atomic mass is 9.98. The first-order chi connectivity index (χ1) is 9.61. The number of halogens is 1. The van der Waals surface area contributed by atoms with Crippen molar-refractivity contribution in [3.05, 3.63) is 51.7 Å². The van der Waals surface area contributed by atoms with Crippen LogP contribution in [0.1, 0.15) is 27.0 Å². The molecule has 1 aromatic carbocycles. The molecule has 2 aromatic rings. The minimum atomic E-state index is -0.364. The largest absolute Gasteiger partial charge is 0.457 e. The second-order valence-electron chi connectivity index (χ2n) is 4.51. The van der Waals surface area contributed by atoms with Gasteiger partial charge < -0.3 is 4.74 Å². The number of esters is 1. The molecule has 0 saturated heterocycles. The minimum absolute atomic E-state index is 0.217. The highest BCUT2D eigenvalue weighted by atomic mass is 35.5. The third-order valence-electron chi connectivity index (χ3n) is 3.35. The van der Waals surface area contributed by atoms with Crippen LogP contribution in [0, 0.1) is 18.3 Å². The van der Waals surface area contributed by atoms with E-state index in [0.717, 1.165) is 16.7 Å². The molecule has 0 atom stereocenters. The summed E-state index contributed by atoms with van der Waals surface area (Å²) in [5.74, 6) is -0.364. The standard InChI is InChI=1S/C15H9ClN2O2/c1-8-10(13-3-2-9(5-17)6-18-13)4-11-12(14(8)16)7-20-15(11)19/h2-4,6H,7H2,1H3. The predicted molar refractivity (Wildman–Crippen MR) is 73.3 cm³/mol. The molecule has 0 amide bonds. The van der Waals surface area contributed by atoms with E-state index in [1.807, 2.05) is 13.0 Å². The van der Waals surface area contributed by atoms with E-state index in [4.69, 9.17) is 21.6 Å². The van der Waals surface area contributed by atoms with Crippen molar-refractivity contribution >= 4 is 17.6 Å². The van der Waals surface area contributed by atoms with Gasteiger partial charge in [0.25, 0.3) is 0 Å². The first kappa shape index (κ1) is 12.6. The fourth-order valence-corrected chi connectivity index (χ4v) is 2.48. The molecule has 0 radical (unpaired) electrons. The molecule has 1 aliphatic heterocycles. The van der Waals surface area contributed by atoms with E-state index in [2.05, 4.69) is 4.98 Å². The Labute approximate surface area is 120 Å². The summed E-state index contributed by atoms with van der Waals surface area (Å²) >= 11 is 6.31. The van der Waals surface area contributed by atoms with Crippen LogP contribution in [-0.4, -0.2) is 11.0 Å². The number of nitriles is 1. The van der Waals surface area contributed by atoms with Crippen LogP contribution in [0.3, 0.4) is 0 Å². The van der Waals surface area contributed by atoms with Crippen molar-refractivity contribution in [3.8, 4) is 17.3 Å². The molecule has 2 heterocycles. The molecule has 5 heteroatoms. The van der Waals surface area contributed by atoms with E-state index in [9.17, 15) is 4.79 Å². The van der Waals surface area contributed by atoms with Crippen molar-refractivity contribution in [1.82, 2.24) is 4.98 Å². The van der Waals surface area contributed by atoms with Crippen LogP contribution >= 0.6 is 11.6 Å². The molecule has 0 saturated carbocycles. The number of hydrogen-bond donors (Lipinski definition) is 0. The summed E-state index contributed by atoms with van der Waals surface area (Å²) < 4.78 is 5.00. The van der Waals surface area contributed by atoms with Crippen LogP contribution in [0.15, 0.2) is 24.4 Å². The lowest BCUT2D eigenvalue weighted by Crippen LogP contribution is -1.97. The third kappa shape index (κ3) is 1.84. The quantitative estimate of drug-likeness (QED) is 0.754. The summed E-state index contributed by atoms with van der Waals surface area (Å²) in [6, 6.07) is 7.19. The second kappa shape index (κ2) is 4.62. The van der Waals surface area contributed by atoms with Gasteiger partial charge in [0.1, 0.15) is 12.7 Å². The number of ether oxygens (including phenoxy) is 1. The molecule has 1 aliphatic rings. The van der Waals surface area contributed by atoms with Gasteiger partial charge in [0.15, 0.2) is 0 Å². The van der Waals surface area contributed by atoms with Crippen molar-refractivity contribution in [2.24, 2.45) is 0 Å². The smallest absolute Gasteiger partial charge is 0.338 e. The fraction of sp³-hybridized carbons (Fsp3) is 0.133. The number of carbonyl (C=O) groups excluding carboxylic acids is 1. The van der Waals surface area contributed by atoms with E-state index < -0.39 is 0 Å². The van der Waals surface area contributed by atoms with Crippen LogP contribution in [0.25, 0.3) is 11.3 Å². The number of carbonyl (C=O) groups is 1. The van der Waals surface area contributed by atoms with Gasteiger partial charge in [-0.1, -0.05) is 11.6 Å². The van der Waals surface area contributed by atoms with Crippen molar-refractivity contribution < 1.29 is 9.53 Å². The summed E-state index contributed by atoms with van der Waals surface area (Å²) in [5.41, 5.74) is 4.00. The average Bonchev–Trinajstić information content (AvgIpc) is 2.84. The van der Waals surface area contributed by atoms with E-state index >= 15 is 0 Å². The van der Waals surface area contributed by atoms with Gasteiger partial charge in [-0.05, 0) is 30.7 Å². The van der Waals surface area contributed by atoms with Gasteiger partial charge in [0, 0.05) is 17.3 Å². The monoisotopic (exact) mass is 284 g/mol. The number of rotatable bonds is 1. The Hall–Kier alpha value is -2.38. The summed E-state index contributed by atoms with van der Waals surface area (Å²) in [5, 5.41) is 9.32. The molecule has 4 nitrogen and oxygen atoms in total. The van der Waals surface area contributed by atoms with Gasteiger partial charge in [0.2, 0.25) is 0 Å². The van der Waals surface area contributed by atoms with E-state index in [0.29, 0.717) is 21.8 Å². The molecular weight excluding hydrogens is 276 g/mol. The maximum absolute atomic E-state index is 11.7. The Morgan fingerprint density at radius 2 is 2.20 bits per heavy atom. The third-order valence-corrected chi connectivity index (χ3v) is 3.86. The van der Waals surface area contributed by atoms with Gasteiger partial charge in [-0.2, -0.15) is 5.26 Å². The molecule has 3 rings (SSSR count). The summed E-state index contributed by atoms with van der Waals surface area (Å²) in [6.45, 7) is 2.09. The molecule has 0 fully saturated rings. The SMILES string of the molecule is Cc1c(-c2ccc(C#N)cn2)cc2c(c1Cl)COC2=O. The first-order valence-electron chi connectivity index (χ1n) is 5.97. The van der Waals surface area contributed by atoms with Crippen LogP contribution in [0.2, 0.25) is 5.02 Å². The topological polar surface area (TPSA) is 63.0 Å². The zero-order chi connectivity index (χ0) is 14.3. The Kier molecular flexibility index (Phi) is 2.92. The highest BCUT2D eigenvalue weighted by molar-refractivity contribution is 6.33. The molecule has 0 spiro atoms. The molecule has 0 bridgehead atoms. The average molecular weight is 285 g/mol. The van der Waals surface area contributed by atoms with Crippen LogP contribution in [0.4, 0.5) is 0 Å². The zero-order valence-electron chi connectivity index (χ0n) is 10.6. The molecule has 20 heavy (non-hydrogen) atoms. The minimum Gasteiger partial charge on any atom is -0.457 e. The summed E-state index contributed by atoms with van der Waals surface area (Å²) in [7, 11) is 0. The van der Waals surface area contributed by atoms with Crippen molar-refractivity contribution in [2.45, 2.75) is 13.5 Å². The molecule has 0 unspecified atom stereocenters. The second-order valence-corrected chi connectivity index (χ2v) is 4.89. The Morgan fingerprint density at radius 3 is 2.85 bits per heavy atom. The molecule has 1 aromatic heterocycles. The lowest BCUT2D eigenvalue weighted by Gasteiger charge is -2.10. The number of benzene rings is 1. The van der Waals surface area contributed by atoms with Crippen molar-refractivity contribution in [1.29, 1.82) is 5.26 Å².